The molecule has 0 saturated carbocycles. The molecule has 6 nitrogen and oxygen atoms in total. The van der Waals surface area contributed by atoms with Crippen molar-refractivity contribution in [3.63, 3.8) is 0 Å². The van der Waals surface area contributed by atoms with Gasteiger partial charge in [0.2, 0.25) is 11.8 Å². The van der Waals surface area contributed by atoms with Gasteiger partial charge in [-0.05, 0) is 18.2 Å². The molecule has 0 atom stereocenters. The van der Waals surface area contributed by atoms with Crippen molar-refractivity contribution in [3.8, 4) is 0 Å². The molecule has 0 aliphatic rings. The number of nitrogens with one attached hydrogen (secondary N) is 2. The van der Waals surface area contributed by atoms with Crippen molar-refractivity contribution in [2.45, 2.75) is 6.92 Å². The lowest BCUT2D eigenvalue weighted by Crippen LogP contribution is -2.32. The maximum atomic E-state index is 11.6. The van der Waals surface area contributed by atoms with Gasteiger partial charge in [0.25, 0.3) is 0 Å². The Morgan fingerprint density at radius 3 is 2.86 bits per heavy atom. The average molecular weight is 307 g/mol. The summed E-state index contributed by atoms with van der Waals surface area (Å²) in [6.45, 7) is 2.18. The fraction of sp³-hybridized carbons (Fsp3) is 0.214. The van der Waals surface area contributed by atoms with Crippen LogP contribution >= 0.6 is 11.6 Å². The van der Waals surface area contributed by atoms with E-state index in [0.29, 0.717) is 29.6 Å². The molecule has 0 bridgehead atoms. The van der Waals surface area contributed by atoms with Gasteiger partial charge in [0.1, 0.15) is 5.65 Å². The minimum absolute atomic E-state index is 0.127. The second-order valence-corrected chi connectivity index (χ2v) is 4.68. The summed E-state index contributed by atoms with van der Waals surface area (Å²) in [7, 11) is 0. The van der Waals surface area contributed by atoms with Gasteiger partial charge in [0.15, 0.2) is 5.15 Å². The fourth-order valence-electron chi connectivity index (χ4n) is 1.77. The monoisotopic (exact) mass is 306 g/mol. The number of imidazole rings is 1. The van der Waals surface area contributed by atoms with E-state index in [-0.39, 0.29) is 11.8 Å². The molecule has 2 aromatic rings. The zero-order valence-corrected chi connectivity index (χ0v) is 12.2. The first kappa shape index (κ1) is 15.1. The molecule has 7 heteroatoms. The molecule has 2 aromatic heterocycles. The van der Waals surface area contributed by atoms with Crippen molar-refractivity contribution in [2.75, 3.05) is 13.1 Å². The van der Waals surface area contributed by atoms with Crippen molar-refractivity contribution in [2.24, 2.45) is 0 Å². The van der Waals surface area contributed by atoms with Crippen LogP contribution in [-0.2, 0) is 9.59 Å². The van der Waals surface area contributed by atoms with E-state index in [4.69, 9.17) is 11.6 Å². The largest absolute Gasteiger partial charge is 0.355 e. The summed E-state index contributed by atoms with van der Waals surface area (Å²) in [5.74, 6) is -0.389. The molecule has 0 aromatic carbocycles. The second kappa shape index (κ2) is 6.90. The smallest absolute Gasteiger partial charge is 0.244 e. The second-order valence-electron chi connectivity index (χ2n) is 4.32. The third kappa shape index (κ3) is 4.06. The molecule has 0 aliphatic carbocycles. The Morgan fingerprint density at radius 2 is 2.10 bits per heavy atom. The summed E-state index contributed by atoms with van der Waals surface area (Å²) >= 11 is 6.05. The lowest BCUT2D eigenvalue weighted by molar-refractivity contribution is -0.119. The molecule has 0 unspecified atom stereocenters. The van der Waals surface area contributed by atoms with E-state index in [1.165, 1.54) is 13.0 Å². The van der Waals surface area contributed by atoms with Crippen molar-refractivity contribution < 1.29 is 9.59 Å². The average Bonchev–Trinajstić information content (AvgIpc) is 2.76. The highest BCUT2D eigenvalue weighted by Crippen LogP contribution is 2.18. The number of rotatable bonds is 5. The standard InChI is InChI=1S/C14H15ClN4O2/c1-10(20)16-7-8-17-13(21)6-5-11-14(15)18-12-4-2-3-9-19(11)12/h2-6,9H,7-8H2,1H3,(H,16,20)(H,17,21)/b6-5+. The molecule has 0 spiro atoms. The Kier molecular flexibility index (Phi) is 4.94. The van der Waals surface area contributed by atoms with E-state index in [9.17, 15) is 9.59 Å². The van der Waals surface area contributed by atoms with Gasteiger partial charge in [0.05, 0.1) is 5.69 Å². The Morgan fingerprint density at radius 1 is 1.33 bits per heavy atom. The Labute approximate surface area is 126 Å². The summed E-state index contributed by atoms with van der Waals surface area (Å²) in [6.07, 6.45) is 4.81. The van der Waals surface area contributed by atoms with Gasteiger partial charge in [-0.15, -0.1) is 0 Å². The summed E-state index contributed by atoms with van der Waals surface area (Å²) in [5.41, 5.74) is 1.36. The molecule has 0 saturated heterocycles. The van der Waals surface area contributed by atoms with E-state index < -0.39 is 0 Å². The SMILES string of the molecule is CC(=O)NCCNC(=O)/C=C/c1c(Cl)nc2ccccn12. The highest BCUT2D eigenvalue weighted by molar-refractivity contribution is 6.31. The van der Waals surface area contributed by atoms with E-state index in [1.807, 2.05) is 24.4 Å². The predicted molar refractivity (Wildman–Crippen MR) is 80.9 cm³/mol. The van der Waals surface area contributed by atoms with Gasteiger partial charge in [-0.25, -0.2) is 4.98 Å². The zero-order valence-electron chi connectivity index (χ0n) is 11.5. The first-order chi connectivity index (χ1) is 10.1. The number of hydrogen-bond acceptors (Lipinski definition) is 3. The lowest BCUT2D eigenvalue weighted by Gasteiger charge is -2.02. The van der Waals surface area contributed by atoms with Crippen molar-refractivity contribution in [3.05, 3.63) is 41.3 Å². The quantitative estimate of drug-likeness (QED) is 0.645. The minimum Gasteiger partial charge on any atom is -0.355 e. The summed E-state index contributed by atoms with van der Waals surface area (Å²) in [5, 5.41) is 5.58. The molecule has 0 fully saturated rings. The fourth-order valence-corrected chi connectivity index (χ4v) is 2.01. The number of fused-ring (bicyclic) bond motifs is 1. The predicted octanol–water partition coefficient (Wildman–Crippen LogP) is 1.25. The number of halogens is 1. The molecule has 0 aliphatic heterocycles. The topological polar surface area (TPSA) is 75.5 Å². The van der Waals surface area contributed by atoms with Crippen LogP contribution in [0.15, 0.2) is 30.5 Å². The normalized spacial score (nSPS) is 11.0. The third-order valence-corrected chi connectivity index (χ3v) is 2.99. The van der Waals surface area contributed by atoms with Crippen LogP contribution < -0.4 is 10.6 Å². The van der Waals surface area contributed by atoms with Gasteiger partial charge in [-0.2, -0.15) is 0 Å². The zero-order chi connectivity index (χ0) is 15.2. The lowest BCUT2D eigenvalue weighted by atomic mass is 10.3. The molecule has 2 rings (SSSR count). The van der Waals surface area contributed by atoms with Gasteiger partial charge in [0, 0.05) is 32.3 Å². The first-order valence-corrected chi connectivity index (χ1v) is 6.78. The Hall–Kier alpha value is -2.34. The molecule has 2 heterocycles. The minimum atomic E-state index is -0.262. The van der Waals surface area contributed by atoms with Crippen LogP contribution in [0.5, 0.6) is 0 Å². The van der Waals surface area contributed by atoms with E-state index in [2.05, 4.69) is 15.6 Å². The summed E-state index contributed by atoms with van der Waals surface area (Å²) in [6, 6.07) is 5.55. The number of carbonyl (C=O) groups is 2. The van der Waals surface area contributed by atoms with E-state index in [0.717, 1.165) is 0 Å². The summed E-state index contributed by atoms with van der Waals surface area (Å²) < 4.78 is 1.80. The molecule has 110 valence electrons. The number of amides is 2. The van der Waals surface area contributed by atoms with Gasteiger partial charge in [-0.3, -0.25) is 14.0 Å². The van der Waals surface area contributed by atoms with Crippen LogP contribution in [0, 0.1) is 0 Å². The van der Waals surface area contributed by atoms with Gasteiger partial charge in [-0.1, -0.05) is 17.7 Å². The number of aromatic nitrogens is 2. The van der Waals surface area contributed by atoms with Crippen LogP contribution in [0.25, 0.3) is 11.7 Å². The maximum Gasteiger partial charge on any atom is 0.244 e. The van der Waals surface area contributed by atoms with Crippen LogP contribution in [0.3, 0.4) is 0 Å². The van der Waals surface area contributed by atoms with E-state index >= 15 is 0 Å². The Balaban J connectivity index is 1.98. The van der Waals surface area contributed by atoms with Crippen LogP contribution in [0.4, 0.5) is 0 Å². The van der Waals surface area contributed by atoms with Crippen LogP contribution in [0.1, 0.15) is 12.6 Å². The number of pyridine rings is 1. The maximum absolute atomic E-state index is 11.6. The number of nitrogens with zero attached hydrogens (tertiary/aromatic N) is 2. The van der Waals surface area contributed by atoms with Crippen molar-refractivity contribution in [1.82, 2.24) is 20.0 Å². The highest BCUT2D eigenvalue weighted by Gasteiger charge is 2.07. The van der Waals surface area contributed by atoms with E-state index in [1.54, 1.807) is 10.5 Å². The van der Waals surface area contributed by atoms with Crippen molar-refractivity contribution in [1.29, 1.82) is 0 Å². The van der Waals surface area contributed by atoms with Crippen molar-refractivity contribution >= 4 is 35.1 Å². The summed E-state index contributed by atoms with van der Waals surface area (Å²) in [4.78, 5) is 26.5. The Bertz CT molecular complexity index is 693. The molecular formula is C14H15ClN4O2. The molecule has 0 radical (unpaired) electrons. The third-order valence-electron chi connectivity index (χ3n) is 2.71. The number of carbonyl (C=O) groups excluding carboxylic acids is 2. The number of hydrogen-bond donors (Lipinski definition) is 2. The molecular weight excluding hydrogens is 292 g/mol. The van der Waals surface area contributed by atoms with Crippen LogP contribution in [0.2, 0.25) is 5.15 Å². The van der Waals surface area contributed by atoms with Gasteiger partial charge < -0.3 is 10.6 Å². The highest BCUT2D eigenvalue weighted by atomic mass is 35.5. The molecule has 2 amide bonds. The van der Waals surface area contributed by atoms with Gasteiger partial charge >= 0.3 is 0 Å². The van der Waals surface area contributed by atoms with Crippen LogP contribution in [-0.4, -0.2) is 34.3 Å². The molecule has 21 heavy (non-hydrogen) atoms. The molecule has 2 N–H and O–H groups in total. The first-order valence-electron chi connectivity index (χ1n) is 6.41.